The quantitative estimate of drug-likeness (QED) is 0.446. The summed E-state index contributed by atoms with van der Waals surface area (Å²) in [6.45, 7) is 1.98. The van der Waals surface area contributed by atoms with Gasteiger partial charge in [0.25, 0.3) is 0 Å². The highest BCUT2D eigenvalue weighted by Crippen LogP contribution is 2.49. The second-order valence-electron chi connectivity index (χ2n) is 7.15. The van der Waals surface area contributed by atoms with Gasteiger partial charge in [-0.05, 0) is 13.8 Å². The molecule has 0 saturated carbocycles. The lowest BCUT2D eigenvalue weighted by molar-refractivity contribution is -0.145. The highest BCUT2D eigenvalue weighted by atomic mass is 31.2. The van der Waals surface area contributed by atoms with Gasteiger partial charge < -0.3 is 25.4 Å². The number of rotatable bonds is 4. The van der Waals surface area contributed by atoms with E-state index >= 15 is 0 Å². The van der Waals surface area contributed by atoms with Crippen molar-refractivity contribution in [1.29, 1.82) is 0 Å². The third kappa shape index (κ3) is 3.56. The first kappa shape index (κ1) is 21.1. The molecule has 4 unspecified atom stereocenters. The average molecular weight is 444 g/mol. The third-order valence-corrected chi connectivity index (χ3v) is 6.60. The van der Waals surface area contributed by atoms with Crippen LogP contribution in [0.1, 0.15) is 20.1 Å². The first-order valence-corrected chi connectivity index (χ1v) is 10.5. The molecule has 0 radical (unpaired) electrons. The van der Waals surface area contributed by atoms with Crippen LogP contribution in [0.15, 0.2) is 12.7 Å². The second-order valence-corrected chi connectivity index (χ2v) is 8.92. The Hall–Kier alpha value is -2.19. The van der Waals surface area contributed by atoms with Crippen molar-refractivity contribution in [2.45, 2.75) is 43.9 Å². The monoisotopic (exact) mass is 444 g/mol. The number of carboxylic acid groups (broad SMARTS) is 1. The molecule has 0 aliphatic carbocycles. The average Bonchev–Trinajstić information content (AvgIpc) is 3.18. The molecule has 0 amide bonds. The Morgan fingerprint density at radius 1 is 1.43 bits per heavy atom. The molecule has 0 aromatic carbocycles. The number of aliphatic hydroxyl groups is 1. The maximum atomic E-state index is 12.7. The van der Waals surface area contributed by atoms with Gasteiger partial charge in [0.15, 0.2) is 24.5 Å². The van der Waals surface area contributed by atoms with Crippen LogP contribution in [-0.2, 0) is 27.9 Å². The molecule has 0 bridgehead atoms. The number of anilines is 1. The number of aromatic nitrogens is 4. The van der Waals surface area contributed by atoms with E-state index in [0.29, 0.717) is 11.2 Å². The number of hydrogen-bond donors (Lipinski definition) is 4. The van der Waals surface area contributed by atoms with Crippen molar-refractivity contribution in [2.75, 3.05) is 19.1 Å². The van der Waals surface area contributed by atoms with Crippen molar-refractivity contribution < 1.29 is 38.1 Å². The fourth-order valence-corrected chi connectivity index (χ4v) is 4.78. The van der Waals surface area contributed by atoms with Gasteiger partial charge in [-0.15, -0.1) is 0 Å². The van der Waals surface area contributed by atoms with Gasteiger partial charge in [-0.2, -0.15) is 0 Å². The first-order chi connectivity index (χ1) is 14.1. The molecule has 14 nitrogen and oxygen atoms in total. The predicted octanol–water partition coefficient (Wildman–Crippen LogP) is -0.383. The lowest BCUT2D eigenvalue weighted by atomic mass is 9.96. The number of fused-ring (bicyclic) bond motifs is 2. The Morgan fingerprint density at radius 3 is 2.93 bits per heavy atom. The molecule has 30 heavy (non-hydrogen) atoms. The molecule has 5 N–H and O–H groups in total. The molecular formula is C15H21N6O8P. The third-order valence-electron chi connectivity index (χ3n) is 4.96. The lowest BCUT2D eigenvalue weighted by Crippen LogP contribution is -2.47. The SMILES string of the molecule is CC(NP1(=O)OCOC2[C@@H](CO1)O[C@@H](n1cnc3c(N)ncnc31)C2(C)O)C(=O)O. The maximum Gasteiger partial charge on any atom is 0.408 e. The number of imidazole rings is 1. The number of ether oxygens (including phenoxy) is 2. The van der Waals surface area contributed by atoms with Gasteiger partial charge in [-0.3, -0.25) is 18.4 Å². The highest BCUT2D eigenvalue weighted by Gasteiger charge is 2.56. The zero-order chi connectivity index (χ0) is 21.7. The van der Waals surface area contributed by atoms with Crippen LogP contribution in [0.3, 0.4) is 0 Å². The van der Waals surface area contributed by atoms with E-state index in [1.54, 1.807) is 0 Å². The van der Waals surface area contributed by atoms with Gasteiger partial charge in [0, 0.05) is 0 Å². The number of nitrogens with zero attached hydrogens (tertiary/aromatic N) is 4. The van der Waals surface area contributed by atoms with Crippen molar-refractivity contribution in [3.05, 3.63) is 12.7 Å². The van der Waals surface area contributed by atoms with Crippen LogP contribution in [0.25, 0.3) is 11.2 Å². The van der Waals surface area contributed by atoms with Crippen molar-refractivity contribution >= 4 is 30.7 Å². The number of nitrogens with one attached hydrogen (secondary N) is 1. The van der Waals surface area contributed by atoms with E-state index in [0.717, 1.165) is 0 Å². The van der Waals surface area contributed by atoms with Crippen molar-refractivity contribution in [2.24, 2.45) is 0 Å². The number of aliphatic carboxylic acids is 1. The van der Waals surface area contributed by atoms with Crippen LogP contribution in [0.2, 0.25) is 0 Å². The van der Waals surface area contributed by atoms with E-state index in [9.17, 15) is 14.5 Å². The van der Waals surface area contributed by atoms with E-state index < -0.39 is 50.6 Å². The zero-order valence-electron chi connectivity index (χ0n) is 16.0. The van der Waals surface area contributed by atoms with Gasteiger partial charge in [0.1, 0.15) is 35.7 Å². The molecule has 164 valence electrons. The number of hydrogen-bond acceptors (Lipinski definition) is 11. The molecule has 0 spiro atoms. The highest BCUT2D eigenvalue weighted by molar-refractivity contribution is 7.51. The van der Waals surface area contributed by atoms with E-state index in [-0.39, 0.29) is 12.4 Å². The van der Waals surface area contributed by atoms with E-state index in [4.69, 9.17) is 29.4 Å². The summed E-state index contributed by atoms with van der Waals surface area (Å²) in [7, 11) is -3.98. The molecule has 15 heteroatoms. The summed E-state index contributed by atoms with van der Waals surface area (Å²) >= 11 is 0. The van der Waals surface area contributed by atoms with E-state index in [1.807, 2.05) is 0 Å². The maximum absolute atomic E-state index is 12.7. The topological polar surface area (TPSA) is 193 Å². The zero-order valence-corrected chi connectivity index (χ0v) is 16.9. The van der Waals surface area contributed by atoms with E-state index in [2.05, 4.69) is 20.0 Å². The normalized spacial score (nSPS) is 35.5. The van der Waals surface area contributed by atoms with Crippen LogP contribution in [-0.4, -0.2) is 73.0 Å². The summed E-state index contributed by atoms with van der Waals surface area (Å²) < 4.78 is 36.2. The van der Waals surface area contributed by atoms with Crippen LogP contribution in [0, 0.1) is 0 Å². The second kappa shape index (κ2) is 7.50. The molecule has 2 fully saturated rings. The smallest absolute Gasteiger partial charge is 0.408 e. The molecule has 2 aliphatic heterocycles. The number of carbonyl (C=O) groups is 1. The minimum absolute atomic E-state index is 0.176. The molecule has 2 aliphatic rings. The fraction of sp³-hybridized carbons (Fsp3) is 0.600. The minimum atomic E-state index is -3.98. The molecule has 2 saturated heterocycles. The molecule has 4 heterocycles. The standard InChI is InChI=1S/C15H21N6O8P/c1-7(13(22)23)20-30(25)27-3-8-10(26-6-28-30)15(2,24)14(29-8)21-5-19-9-11(16)17-4-18-12(9)21/h4-5,7-8,10,14,24H,3,6H2,1-2H3,(H,20,25)(H,22,23)(H2,16,17,18)/t7?,8-,10?,14-,15?,30?/m1/s1. The Bertz CT molecular complexity index is 1010. The summed E-state index contributed by atoms with van der Waals surface area (Å²) in [5, 5.41) is 22.5. The van der Waals surface area contributed by atoms with Crippen LogP contribution in [0.4, 0.5) is 5.82 Å². The number of nitrogen functional groups attached to an aromatic ring is 1. The summed E-state index contributed by atoms with van der Waals surface area (Å²) in [4.78, 5) is 23.2. The van der Waals surface area contributed by atoms with Gasteiger partial charge in [-0.25, -0.2) is 24.6 Å². The molecule has 6 atom stereocenters. The summed E-state index contributed by atoms with van der Waals surface area (Å²) in [5.74, 6) is -1.05. The van der Waals surface area contributed by atoms with Crippen molar-refractivity contribution in [3.8, 4) is 0 Å². The fourth-order valence-electron chi connectivity index (χ4n) is 3.43. The minimum Gasteiger partial charge on any atom is -0.480 e. The van der Waals surface area contributed by atoms with Gasteiger partial charge in [-0.1, -0.05) is 0 Å². The molecule has 2 aromatic heterocycles. The van der Waals surface area contributed by atoms with Gasteiger partial charge >= 0.3 is 13.7 Å². The van der Waals surface area contributed by atoms with Crippen molar-refractivity contribution in [3.63, 3.8) is 0 Å². The Kier molecular flexibility index (Phi) is 5.26. The van der Waals surface area contributed by atoms with Crippen molar-refractivity contribution in [1.82, 2.24) is 24.6 Å². The summed E-state index contributed by atoms with van der Waals surface area (Å²) in [6, 6.07) is -1.19. The summed E-state index contributed by atoms with van der Waals surface area (Å²) in [6.07, 6.45) is -0.0714. The Balaban J connectivity index is 1.58. The van der Waals surface area contributed by atoms with Gasteiger partial charge in [0.2, 0.25) is 0 Å². The largest absolute Gasteiger partial charge is 0.480 e. The Morgan fingerprint density at radius 2 is 2.20 bits per heavy atom. The lowest BCUT2D eigenvalue weighted by Gasteiger charge is -2.32. The molecule has 2 aromatic rings. The molecule has 4 rings (SSSR count). The van der Waals surface area contributed by atoms with Gasteiger partial charge in [0.05, 0.1) is 12.9 Å². The first-order valence-electron chi connectivity index (χ1n) is 8.94. The van der Waals surface area contributed by atoms with E-state index in [1.165, 1.54) is 31.1 Å². The number of nitrogens with two attached hydrogens (primary N) is 1. The summed E-state index contributed by atoms with van der Waals surface area (Å²) in [5.41, 5.74) is 4.93. The molecular weight excluding hydrogens is 423 g/mol. The number of carboxylic acids is 1. The van der Waals surface area contributed by atoms with Crippen LogP contribution >= 0.6 is 7.75 Å². The Labute approximate surface area is 169 Å². The predicted molar refractivity (Wildman–Crippen MR) is 98.9 cm³/mol. The van der Waals surface area contributed by atoms with Crippen LogP contribution in [0.5, 0.6) is 0 Å². The van der Waals surface area contributed by atoms with Crippen LogP contribution < -0.4 is 10.8 Å².